The summed E-state index contributed by atoms with van der Waals surface area (Å²) in [5, 5.41) is 9.33. The van der Waals surface area contributed by atoms with Gasteiger partial charge in [-0.3, -0.25) is 9.89 Å². The second-order valence-corrected chi connectivity index (χ2v) is 3.61. The highest BCUT2D eigenvalue weighted by Gasteiger charge is 2.13. The van der Waals surface area contributed by atoms with Crippen molar-refractivity contribution in [2.75, 3.05) is 5.32 Å². The van der Waals surface area contributed by atoms with Crippen molar-refractivity contribution >= 4 is 11.6 Å². The van der Waals surface area contributed by atoms with Crippen molar-refractivity contribution in [1.82, 2.24) is 15.2 Å². The number of carbonyl (C=O) groups excluding carboxylic acids is 1. The van der Waals surface area contributed by atoms with Crippen LogP contribution in [0.1, 0.15) is 21.9 Å². The lowest BCUT2D eigenvalue weighted by molar-refractivity contribution is 0.102. The Morgan fingerprint density at radius 2 is 2.18 bits per heavy atom. The molecule has 0 unspecified atom stereocenters. The number of pyridine rings is 1. The minimum Gasteiger partial charge on any atom is -0.317 e. The molecule has 0 bridgehead atoms. The van der Waals surface area contributed by atoms with Crippen LogP contribution in [0, 0.1) is 19.8 Å². The van der Waals surface area contributed by atoms with Crippen LogP contribution in [0.2, 0.25) is 0 Å². The summed E-state index contributed by atoms with van der Waals surface area (Å²) in [6.07, 6.45) is 0. The van der Waals surface area contributed by atoms with E-state index in [0.717, 1.165) is 5.69 Å². The van der Waals surface area contributed by atoms with Gasteiger partial charge in [0.1, 0.15) is 5.69 Å². The van der Waals surface area contributed by atoms with Gasteiger partial charge in [0.25, 0.3) is 5.91 Å². The standard InChI is InChI=1S/C11H11FN4O/c1-6-10(7(2)16-15-6)14-11(17)8-4-3-5-9(12)13-8/h3-5H,1-2H3,(H,14,17)(H,15,16). The molecule has 2 aromatic heterocycles. The van der Waals surface area contributed by atoms with Crippen molar-refractivity contribution < 1.29 is 9.18 Å². The van der Waals surface area contributed by atoms with Crippen molar-refractivity contribution in [3.05, 3.63) is 41.2 Å². The zero-order valence-corrected chi connectivity index (χ0v) is 9.41. The van der Waals surface area contributed by atoms with E-state index in [1.54, 1.807) is 13.8 Å². The van der Waals surface area contributed by atoms with Gasteiger partial charge in [0.05, 0.1) is 17.1 Å². The summed E-state index contributed by atoms with van der Waals surface area (Å²) >= 11 is 0. The number of nitrogens with one attached hydrogen (secondary N) is 2. The number of rotatable bonds is 2. The van der Waals surface area contributed by atoms with Gasteiger partial charge >= 0.3 is 0 Å². The van der Waals surface area contributed by atoms with Crippen LogP contribution in [0.25, 0.3) is 0 Å². The van der Waals surface area contributed by atoms with Crippen LogP contribution in [0.4, 0.5) is 10.1 Å². The van der Waals surface area contributed by atoms with Crippen LogP contribution in [-0.4, -0.2) is 21.1 Å². The number of anilines is 1. The first kappa shape index (κ1) is 11.3. The topological polar surface area (TPSA) is 70.7 Å². The number of H-pyrrole nitrogens is 1. The lowest BCUT2D eigenvalue weighted by Crippen LogP contribution is -2.15. The van der Waals surface area contributed by atoms with Gasteiger partial charge in [-0.05, 0) is 26.0 Å². The Morgan fingerprint density at radius 3 is 2.76 bits per heavy atom. The molecule has 0 fully saturated rings. The maximum atomic E-state index is 12.9. The molecule has 0 aromatic carbocycles. The van der Waals surface area contributed by atoms with Crippen molar-refractivity contribution in [3.8, 4) is 0 Å². The Morgan fingerprint density at radius 1 is 1.41 bits per heavy atom. The summed E-state index contributed by atoms with van der Waals surface area (Å²) in [5.41, 5.74) is 2.05. The highest BCUT2D eigenvalue weighted by Crippen LogP contribution is 2.16. The van der Waals surface area contributed by atoms with Gasteiger partial charge in [-0.25, -0.2) is 4.98 Å². The van der Waals surface area contributed by atoms with Gasteiger partial charge in [-0.1, -0.05) is 6.07 Å². The zero-order valence-electron chi connectivity index (χ0n) is 9.41. The van der Waals surface area contributed by atoms with Crippen molar-refractivity contribution in [1.29, 1.82) is 0 Å². The van der Waals surface area contributed by atoms with Crippen LogP contribution in [0.3, 0.4) is 0 Å². The number of hydrogen-bond donors (Lipinski definition) is 2. The lowest BCUT2D eigenvalue weighted by Gasteiger charge is -2.04. The summed E-state index contributed by atoms with van der Waals surface area (Å²) in [5.74, 6) is -1.14. The Kier molecular flexibility index (Phi) is 2.86. The van der Waals surface area contributed by atoms with Gasteiger partial charge in [-0.2, -0.15) is 9.49 Å². The highest BCUT2D eigenvalue weighted by molar-refractivity contribution is 6.03. The van der Waals surface area contributed by atoms with E-state index in [-0.39, 0.29) is 5.69 Å². The monoisotopic (exact) mass is 234 g/mol. The van der Waals surface area contributed by atoms with Crippen molar-refractivity contribution in [2.45, 2.75) is 13.8 Å². The fourth-order valence-corrected chi connectivity index (χ4v) is 1.45. The Balaban J connectivity index is 2.23. The van der Waals surface area contributed by atoms with E-state index in [0.29, 0.717) is 11.4 Å². The van der Waals surface area contributed by atoms with Gasteiger partial charge in [0.2, 0.25) is 5.95 Å². The van der Waals surface area contributed by atoms with Crippen LogP contribution in [-0.2, 0) is 0 Å². The summed E-state index contributed by atoms with van der Waals surface area (Å²) in [6, 6.07) is 4.07. The first-order chi connectivity index (χ1) is 8.08. The second-order valence-electron chi connectivity index (χ2n) is 3.61. The number of hydrogen-bond acceptors (Lipinski definition) is 3. The molecule has 88 valence electrons. The first-order valence-corrected chi connectivity index (χ1v) is 5.03. The number of amides is 1. The fourth-order valence-electron chi connectivity index (χ4n) is 1.45. The molecular formula is C11H11FN4O. The third-order valence-corrected chi connectivity index (χ3v) is 2.31. The van der Waals surface area contributed by atoms with Crippen molar-refractivity contribution in [2.24, 2.45) is 0 Å². The molecule has 2 heterocycles. The zero-order chi connectivity index (χ0) is 12.4. The SMILES string of the molecule is Cc1n[nH]c(C)c1NC(=O)c1cccc(F)n1. The second kappa shape index (κ2) is 4.32. The van der Waals surface area contributed by atoms with E-state index < -0.39 is 11.9 Å². The number of aromatic amines is 1. The molecule has 0 aliphatic heterocycles. The molecule has 0 saturated carbocycles. The summed E-state index contributed by atoms with van der Waals surface area (Å²) in [7, 11) is 0. The van der Waals surface area contributed by atoms with Crippen LogP contribution in [0.5, 0.6) is 0 Å². The van der Waals surface area contributed by atoms with Gasteiger partial charge in [0, 0.05) is 0 Å². The lowest BCUT2D eigenvalue weighted by atomic mass is 10.3. The average Bonchev–Trinajstić information content (AvgIpc) is 2.61. The van der Waals surface area contributed by atoms with Crippen LogP contribution < -0.4 is 5.32 Å². The average molecular weight is 234 g/mol. The molecule has 17 heavy (non-hydrogen) atoms. The summed E-state index contributed by atoms with van der Waals surface area (Å²) in [6.45, 7) is 3.55. The molecule has 0 aliphatic rings. The Hall–Kier alpha value is -2.24. The Bertz CT molecular complexity index is 545. The summed E-state index contributed by atoms with van der Waals surface area (Å²) < 4.78 is 12.9. The predicted molar refractivity (Wildman–Crippen MR) is 60.2 cm³/mol. The molecule has 0 aliphatic carbocycles. The number of carbonyl (C=O) groups is 1. The van der Waals surface area contributed by atoms with Crippen molar-refractivity contribution in [3.63, 3.8) is 0 Å². The molecule has 0 atom stereocenters. The third kappa shape index (κ3) is 2.30. The molecule has 2 rings (SSSR count). The van der Waals surface area contributed by atoms with E-state index in [1.807, 2.05) is 0 Å². The maximum absolute atomic E-state index is 12.9. The molecule has 0 spiro atoms. The van der Waals surface area contributed by atoms with Gasteiger partial charge in [0.15, 0.2) is 0 Å². The largest absolute Gasteiger partial charge is 0.317 e. The summed E-state index contributed by atoms with van der Waals surface area (Å²) in [4.78, 5) is 15.3. The van der Waals surface area contributed by atoms with E-state index >= 15 is 0 Å². The predicted octanol–water partition coefficient (Wildman–Crippen LogP) is 1.81. The van der Waals surface area contributed by atoms with Crippen LogP contribution >= 0.6 is 0 Å². The maximum Gasteiger partial charge on any atom is 0.274 e. The minimum atomic E-state index is -0.682. The molecule has 1 amide bonds. The van der Waals surface area contributed by atoms with E-state index in [4.69, 9.17) is 0 Å². The minimum absolute atomic E-state index is 0.0324. The Labute approximate surface area is 97.1 Å². The molecular weight excluding hydrogens is 223 g/mol. The molecule has 2 N–H and O–H groups in total. The number of aryl methyl sites for hydroxylation is 2. The van der Waals surface area contributed by atoms with Gasteiger partial charge < -0.3 is 5.32 Å². The smallest absolute Gasteiger partial charge is 0.274 e. The van der Waals surface area contributed by atoms with Crippen LogP contribution in [0.15, 0.2) is 18.2 Å². The quantitative estimate of drug-likeness (QED) is 0.778. The van der Waals surface area contributed by atoms with Gasteiger partial charge in [-0.15, -0.1) is 0 Å². The first-order valence-electron chi connectivity index (χ1n) is 5.03. The number of nitrogens with zero attached hydrogens (tertiary/aromatic N) is 2. The van der Waals surface area contributed by atoms with E-state index in [9.17, 15) is 9.18 Å². The number of halogens is 1. The highest BCUT2D eigenvalue weighted by atomic mass is 19.1. The normalized spacial score (nSPS) is 10.3. The number of aromatic nitrogens is 3. The van der Waals surface area contributed by atoms with E-state index in [1.165, 1.54) is 18.2 Å². The molecule has 5 nitrogen and oxygen atoms in total. The molecule has 2 aromatic rings. The fraction of sp³-hybridized carbons (Fsp3) is 0.182. The molecule has 6 heteroatoms. The van der Waals surface area contributed by atoms with E-state index in [2.05, 4.69) is 20.5 Å². The molecule has 0 radical (unpaired) electrons. The molecule has 0 saturated heterocycles. The third-order valence-electron chi connectivity index (χ3n) is 2.31.